The van der Waals surface area contributed by atoms with Crippen LogP contribution in [-0.4, -0.2) is 20.4 Å². The van der Waals surface area contributed by atoms with Crippen molar-refractivity contribution in [2.24, 2.45) is 0 Å². The van der Waals surface area contributed by atoms with Crippen molar-refractivity contribution < 1.29 is 15.0 Å². The fraction of sp³-hybridized carbons (Fsp3) is 0.111. The van der Waals surface area contributed by atoms with Crippen LogP contribution in [0.3, 0.4) is 0 Å². The zero-order valence-electron chi connectivity index (χ0n) is 13.1. The molecule has 0 atom stereocenters. The lowest BCUT2D eigenvalue weighted by molar-refractivity contribution is -0.113. The van der Waals surface area contributed by atoms with Gasteiger partial charge < -0.3 is 10.2 Å². The Bertz CT molecular complexity index is 870. The van der Waals surface area contributed by atoms with Gasteiger partial charge in [0.15, 0.2) is 15.8 Å². The Hall–Kier alpha value is -2.31. The summed E-state index contributed by atoms with van der Waals surface area (Å²) in [5.41, 5.74) is 3.40. The van der Waals surface area contributed by atoms with E-state index in [1.54, 1.807) is 17.0 Å². The highest BCUT2D eigenvalue weighted by Crippen LogP contribution is 2.39. The average Bonchev–Trinajstić information content (AvgIpc) is 2.78. The number of phenols is 2. The molecule has 1 amide bonds. The second kappa shape index (κ2) is 6.30. The predicted octanol–water partition coefficient (Wildman–Crippen LogP) is 4.12. The first-order valence-electron chi connectivity index (χ1n) is 7.24. The molecule has 0 unspecified atom stereocenters. The van der Waals surface area contributed by atoms with Gasteiger partial charge in [0.2, 0.25) is 0 Å². The standard InChI is InChI=1S/C18H15NO3S2/c1-10-4-3-5-11(2)16(10)19-17(22)15(24-18(19)23)9-12-6-7-13(20)14(21)8-12/h3-9,20-21H,1-2H3/b15-9-. The highest BCUT2D eigenvalue weighted by atomic mass is 32.2. The van der Waals surface area contributed by atoms with Crippen LogP contribution in [-0.2, 0) is 4.79 Å². The summed E-state index contributed by atoms with van der Waals surface area (Å²) >= 11 is 6.62. The Balaban J connectivity index is 2.00. The number of anilines is 1. The third-order valence-corrected chi connectivity index (χ3v) is 5.06. The van der Waals surface area contributed by atoms with Crippen molar-refractivity contribution in [1.82, 2.24) is 0 Å². The Labute approximate surface area is 149 Å². The topological polar surface area (TPSA) is 60.8 Å². The summed E-state index contributed by atoms with van der Waals surface area (Å²) in [6.45, 7) is 3.89. The molecule has 3 rings (SSSR count). The van der Waals surface area contributed by atoms with Gasteiger partial charge >= 0.3 is 0 Å². The molecule has 4 nitrogen and oxygen atoms in total. The predicted molar refractivity (Wildman–Crippen MR) is 101 cm³/mol. The normalized spacial score (nSPS) is 16.2. The molecule has 2 aromatic carbocycles. The third kappa shape index (κ3) is 2.90. The number of amides is 1. The molecule has 24 heavy (non-hydrogen) atoms. The lowest BCUT2D eigenvalue weighted by atomic mass is 10.1. The van der Waals surface area contributed by atoms with Gasteiger partial charge in [0.25, 0.3) is 5.91 Å². The van der Waals surface area contributed by atoms with E-state index in [9.17, 15) is 15.0 Å². The molecule has 6 heteroatoms. The molecule has 1 fully saturated rings. The number of thiocarbonyl (C=S) groups is 1. The van der Waals surface area contributed by atoms with E-state index in [1.807, 2.05) is 32.0 Å². The van der Waals surface area contributed by atoms with Crippen molar-refractivity contribution in [1.29, 1.82) is 0 Å². The molecule has 1 aliphatic heterocycles. The van der Waals surface area contributed by atoms with Crippen LogP contribution in [0.1, 0.15) is 16.7 Å². The number of nitrogens with zero attached hydrogens (tertiary/aromatic N) is 1. The SMILES string of the molecule is Cc1cccc(C)c1N1C(=O)/C(=C/c2ccc(O)c(O)c2)SC1=S. The zero-order chi connectivity index (χ0) is 17.4. The minimum absolute atomic E-state index is 0.185. The lowest BCUT2D eigenvalue weighted by Gasteiger charge is -2.19. The second-order valence-electron chi connectivity index (χ2n) is 5.51. The van der Waals surface area contributed by atoms with E-state index in [0.29, 0.717) is 14.8 Å². The van der Waals surface area contributed by atoms with Crippen LogP contribution in [0.2, 0.25) is 0 Å². The van der Waals surface area contributed by atoms with Gasteiger partial charge in [-0.1, -0.05) is 48.2 Å². The van der Waals surface area contributed by atoms with Gasteiger partial charge in [-0.2, -0.15) is 0 Å². The molecule has 0 aliphatic carbocycles. The summed E-state index contributed by atoms with van der Waals surface area (Å²) in [6.07, 6.45) is 1.66. The number of hydrogen-bond acceptors (Lipinski definition) is 5. The van der Waals surface area contributed by atoms with Gasteiger partial charge in [-0.25, -0.2) is 0 Å². The van der Waals surface area contributed by atoms with Crippen LogP contribution in [0, 0.1) is 13.8 Å². The number of benzene rings is 2. The number of para-hydroxylation sites is 1. The van der Waals surface area contributed by atoms with Crippen LogP contribution in [0.25, 0.3) is 6.08 Å². The van der Waals surface area contributed by atoms with E-state index in [1.165, 1.54) is 23.9 Å². The van der Waals surface area contributed by atoms with Crippen molar-refractivity contribution in [2.75, 3.05) is 4.90 Å². The highest BCUT2D eigenvalue weighted by Gasteiger charge is 2.34. The van der Waals surface area contributed by atoms with Crippen LogP contribution in [0.4, 0.5) is 5.69 Å². The second-order valence-corrected chi connectivity index (χ2v) is 7.18. The smallest absolute Gasteiger partial charge is 0.270 e. The van der Waals surface area contributed by atoms with Crippen molar-refractivity contribution in [3.8, 4) is 11.5 Å². The zero-order valence-corrected chi connectivity index (χ0v) is 14.7. The van der Waals surface area contributed by atoms with E-state index >= 15 is 0 Å². The van der Waals surface area contributed by atoms with Gasteiger partial charge in [0, 0.05) is 0 Å². The van der Waals surface area contributed by atoms with E-state index in [2.05, 4.69) is 0 Å². The largest absolute Gasteiger partial charge is 0.504 e. The Morgan fingerprint density at radius 2 is 1.75 bits per heavy atom. The molecular formula is C18H15NO3S2. The maximum Gasteiger partial charge on any atom is 0.270 e. The number of rotatable bonds is 2. The molecule has 2 N–H and O–H groups in total. The average molecular weight is 357 g/mol. The van der Waals surface area contributed by atoms with Gasteiger partial charge in [-0.05, 0) is 48.7 Å². The first-order chi connectivity index (χ1) is 11.4. The first kappa shape index (κ1) is 16.5. The summed E-state index contributed by atoms with van der Waals surface area (Å²) < 4.78 is 0.478. The summed E-state index contributed by atoms with van der Waals surface area (Å²) in [6, 6.07) is 10.3. The van der Waals surface area contributed by atoms with E-state index < -0.39 is 0 Å². The number of phenolic OH excluding ortho intramolecular Hbond substituents is 2. The molecule has 1 aliphatic rings. The maximum atomic E-state index is 12.8. The van der Waals surface area contributed by atoms with Crippen LogP contribution in [0.15, 0.2) is 41.3 Å². The summed E-state index contributed by atoms with van der Waals surface area (Å²) in [5.74, 6) is -0.612. The number of aromatic hydroxyl groups is 2. The molecule has 2 aromatic rings. The van der Waals surface area contributed by atoms with Crippen LogP contribution < -0.4 is 4.90 Å². The Kier molecular flexibility index (Phi) is 4.34. The van der Waals surface area contributed by atoms with Gasteiger partial charge in [-0.15, -0.1) is 0 Å². The molecule has 0 bridgehead atoms. The first-order valence-corrected chi connectivity index (χ1v) is 8.47. The van der Waals surface area contributed by atoms with Crippen molar-refractivity contribution >= 4 is 46.0 Å². The van der Waals surface area contributed by atoms with E-state index in [-0.39, 0.29) is 17.4 Å². The molecular weight excluding hydrogens is 342 g/mol. The third-order valence-electron chi connectivity index (χ3n) is 3.75. The maximum absolute atomic E-state index is 12.8. The summed E-state index contributed by atoms with van der Waals surface area (Å²) in [5, 5.41) is 19.0. The minimum Gasteiger partial charge on any atom is -0.504 e. The number of carbonyl (C=O) groups is 1. The monoisotopic (exact) mass is 357 g/mol. The molecule has 0 aromatic heterocycles. The van der Waals surface area contributed by atoms with E-state index in [4.69, 9.17) is 12.2 Å². The lowest BCUT2D eigenvalue weighted by Crippen LogP contribution is -2.29. The van der Waals surface area contributed by atoms with Gasteiger partial charge in [-0.3, -0.25) is 9.69 Å². The van der Waals surface area contributed by atoms with Crippen LogP contribution >= 0.6 is 24.0 Å². The van der Waals surface area contributed by atoms with Gasteiger partial charge in [0.1, 0.15) is 0 Å². The number of carbonyl (C=O) groups excluding carboxylic acids is 1. The summed E-state index contributed by atoms with van der Waals surface area (Å²) in [4.78, 5) is 14.8. The van der Waals surface area contributed by atoms with Crippen molar-refractivity contribution in [3.05, 3.63) is 58.0 Å². The highest BCUT2D eigenvalue weighted by molar-refractivity contribution is 8.27. The number of aryl methyl sites for hydroxylation is 2. The quantitative estimate of drug-likeness (QED) is 0.481. The molecule has 0 radical (unpaired) electrons. The Morgan fingerprint density at radius 1 is 1.08 bits per heavy atom. The minimum atomic E-state index is -0.228. The molecule has 0 saturated carbocycles. The van der Waals surface area contributed by atoms with Gasteiger partial charge in [0.05, 0.1) is 10.6 Å². The number of hydrogen-bond donors (Lipinski definition) is 2. The summed E-state index contributed by atoms with van der Waals surface area (Å²) in [7, 11) is 0. The Morgan fingerprint density at radius 3 is 2.38 bits per heavy atom. The molecule has 1 heterocycles. The number of thioether (sulfide) groups is 1. The fourth-order valence-electron chi connectivity index (χ4n) is 2.60. The van der Waals surface area contributed by atoms with E-state index in [0.717, 1.165) is 16.8 Å². The van der Waals surface area contributed by atoms with Crippen molar-refractivity contribution in [2.45, 2.75) is 13.8 Å². The van der Waals surface area contributed by atoms with Crippen LogP contribution in [0.5, 0.6) is 11.5 Å². The fourth-order valence-corrected chi connectivity index (χ4v) is 3.87. The molecule has 1 saturated heterocycles. The molecule has 0 spiro atoms. The molecule has 122 valence electrons. The van der Waals surface area contributed by atoms with Crippen molar-refractivity contribution in [3.63, 3.8) is 0 Å².